The van der Waals surface area contributed by atoms with Crippen molar-refractivity contribution in [1.29, 1.82) is 0 Å². The van der Waals surface area contributed by atoms with E-state index in [9.17, 15) is 18.0 Å². The number of hydrogen-bond acceptors (Lipinski definition) is 6. The summed E-state index contributed by atoms with van der Waals surface area (Å²) in [5, 5.41) is 0. The molecule has 168 valence electrons. The molecule has 0 saturated carbocycles. The fourth-order valence-corrected chi connectivity index (χ4v) is 5.31. The van der Waals surface area contributed by atoms with Crippen molar-refractivity contribution in [1.82, 2.24) is 9.21 Å². The van der Waals surface area contributed by atoms with Crippen molar-refractivity contribution in [2.45, 2.75) is 50.6 Å². The van der Waals surface area contributed by atoms with Crippen molar-refractivity contribution in [3.8, 4) is 0 Å². The van der Waals surface area contributed by atoms with E-state index in [1.165, 1.54) is 27.6 Å². The third kappa shape index (κ3) is 5.34. The molecular formula is C22H28N2O6S. The molecule has 2 aromatic rings. The molecule has 2 heterocycles. The number of benzene rings is 1. The fourth-order valence-electron chi connectivity index (χ4n) is 3.59. The average molecular weight is 449 g/mol. The van der Waals surface area contributed by atoms with Gasteiger partial charge in [0.05, 0.1) is 23.3 Å². The van der Waals surface area contributed by atoms with Crippen molar-refractivity contribution >= 4 is 21.9 Å². The Morgan fingerprint density at radius 1 is 1.26 bits per heavy atom. The molecule has 1 atom stereocenters. The molecule has 1 unspecified atom stereocenters. The number of sulfonamides is 1. The van der Waals surface area contributed by atoms with Gasteiger partial charge in [0.1, 0.15) is 5.76 Å². The summed E-state index contributed by atoms with van der Waals surface area (Å²) in [5.74, 6) is -0.516. The van der Waals surface area contributed by atoms with Crippen molar-refractivity contribution in [3.05, 3.63) is 53.5 Å². The minimum Gasteiger partial charge on any atom is -0.467 e. The Morgan fingerprint density at radius 3 is 2.71 bits per heavy atom. The van der Waals surface area contributed by atoms with Crippen LogP contribution in [0.1, 0.15) is 47.9 Å². The zero-order chi connectivity index (χ0) is 22.6. The summed E-state index contributed by atoms with van der Waals surface area (Å²) in [7, 11) is -2.14. The molecule has 0 spiro atoms. The van der Waals surface area contributed by atoms with E-state index >= 15 is 0 Å². The lowest BCUT2D eigenvalue weighted by Crippen LogP contribution is -2.42. The van der Waals surface area contributed by atoms with Crippen molar-refractivity contribution < 1.29 is 27.2 Å². The molecule has 1 aliphatic rings. The Kier molecular flexibility index (Phi) is 7.17. The lowest BCUT2D eigenvalue weighted by Gasteiger charge is -2.32. The van der Waals surface area contributed by atoms with Crippen LogP contribution in [0.15, 0.2) is 45.9 Å². The van der Waals surface area contributed by atoms with Gasteiger partial charge in [0.25, 0.3) is 5.91 Å². The number of carbonyl (C=O) groups is 2. The molecule has 31 heavy (non-hydrogen) atoms. The summed E-state index contributed by atoms with van der Waals surface area (Å²) in [5.41, 5.74) is 0.708. The molecule has 1 fully saturated rings. The highest BCUT2D eigenvalue weighted by Gasteiger charge is 2.31. The van der Waals surface area contributed by atoms with E-state index in [-0.39, 0.29) is 23.0 Å². The molecule has 0 radical (unpaired) electrons. The van der Waals surface area contributed by atoms with Gasteiger partial charge in [-0.3, -0.25) is 4.79 Å². The molecule has 1 aromatic heterocycles. The summed E-state index contributed by atoms with van der Waals surface area (Å²) in [6.45, 7) is 3.86. The molecule has 8 nitrogen and oxygen atoms in total. The fraction of sp³-hybridized carbons (Fsp3) is 0.455. The van der Waals surface area contributed by atoms with Gasteiger partial charge in [0.15, 0.2) is 6.61 Å². The smallest absolute Gasteiger partial charge is 0.338 e. The molecule has 0 aliphatic carbocycles. The number of piperidine rings is 1. The number of likely N-dealkylation sites (N-methyl/N-ethyl adjacent to an activating group) is 1. The number of ether oxygens (including phenoxy) is 1. The molecule has 0 bridgehead atoms. The Hall–Kier alpha value is -2.65. The van der Waals surface area contributed by atoms with Gasteiger partial charge in [-0.2, -0.15) is 4.31 Å². The van der Waals surface area contributed by atoms with Gasteiger partial charge in [-0.25, -0.2) is 13.2 Å². The Morgan fingerprint density at radius 2 is 2.03 bits per heavy atom. The lowest BCUT2D eigenvalue weighted by atomic mass is 10.1. The number of aryl methyl sites for hydroxylation is 1. The van der Waals surface area contributed by atoms with Crippen LogP contribution in [0.2, 0.25) is 0 Å². The first-order valence-corrected chi connectivity index (χ1v) is 11.7. The molecule has 9 heteroatoms. The van der Waals surface area contributed by atoms with E-state index in [0.717, 1.165) is 19.3 Å². The predicted octanol–water partition coefficient (Wildman–Crippen LogP) is 2.97. The van der Waals surface area contributed by atoms with E-state index in [1.807, 2.05) is 6.92 Å². The summed E-state index contributed by atoms with van der Waals surface area (Å²) in [4.78, 5) is 26.3. The minimum atomic E-state index is -3.72. The Balaban J connectivity index is 1.69. The maximum absolute atomic E-state index is 13.1. The van der Waals surface area contributed by atoms with Gasteiger partial charge in [0.2, 0.25) is 10.0 Å². The highest BCUT2D eigenvalue weighted by Crippen LogP contribution is 2.26. The van der Waals surface area contributed by atoms with Crippen LogP contribution in [0.5, 0.6) is 0 Å². The molecular weight excluding hydrogens is 420 g/mol. The van der Waals surface area contributed by atoms with Gasteiger partial charge < -0.3 is 14.1 Å². The highest BCUT2D eigenvalue weighted by molar-refractivity contribution is 7.89. The second-order valence-corrected chi connectivity index (χ2v) is 9.73. The number of nitrogens with zero attached hydrogens (tertiary/aromatic N) is 2. The average Bonchev–Trinajstić information content (AvgIpc) is 3.25. The number of amides is 1. The van der Waals surface area contributed by atoms with Gasteiger partial charge >= 0.3 is 5.97 Å². The van der Waals surface area contributed by atoms with Gasteiger partial charge in [-0.05, 0) is 56.5 Å². The molecule has 1 aliphatic heterocycles. The second kappa shape index (κ2) is 9.65. The molecule has 1 amide bonds. The van der Waals surface area contributed by atoms with Crippen LogP contribution < -0.4 is 0 Å². The van der Waals surface area contributed by atoms with E-state index in [1.54, 1.807) is 32.2 Å². The number of rotatable bonds is 7. The topological polar surface area (TPSA) is 97.1 Å². The van der Waals surface area contributed by atoms with E-state index in [2.05, 4.69) is 0 Å². The number of carbonyl (C=O) groups excluding carboxylic acids is 2. The number of esters is 1. The first-order valence-electron chi connectivity index (χ1n) is 10.3. The summed E-state index contributed by atoms with van der Waals surface area (Å²) >= 11 is 0. The van der Waals surface area contributed by atoms with Crippen LogP contribution in [0, 0.1) is 6.92 Å². The van der Waals surface area contributed by atoms with Crippen LogP contribution in [-0.4, -0.2) is 55.7 Å². The third-order valence-electron chi connectivity index (χ3n) is 5.50. The number of hydrogen-bond donors (Lipinski definition) is 0. The van der Waals surface area contributed by atoms with Crippen molar-refractivity contribution in [3.63, 3.8) is 0 Å². The molecule has 1 saturated heterocycles. The lowest BCUT2D eigenvalue weighted by molar-refractivity contribution is -0.134. The highest BCUT2D eigenvalue weighted by atomic mass is 32.2. The first kappa shape index (κ1) is 23.0. The maximum atomic E-state index is 13.1. The zero-order valence-electron chi connectivity index (χ0n) is 18.0. The van der Waals surface area contributed by atoms with Crippen LogP contribution in [-0.2, 0) is 26.1 Å². The monoisotopic (exact) mass is 448 g/mol. The van der Waals surface area contributed by atoms with Gasteiger partial charge in [-0.15, -0.1) is 0 Å². The normalized spacial score (nSPS) is 17.3. The number of furan rings is 1. The first-order chi connectivity index (χ1) is 14.7. The van der Waals surface area contributed by atoms with Crippen LogP contribution in [0.25, 0.3) is 0 Å². The van der Waals surface area contributed by atoms with Gasteiger partial charge in [0, 0.05) is 19.6 Å². The third-order valence-corrected chi connectivity index (χ3v) is 7.51. The Labute approximate surface area is 182 Å². The predicted molar refractivity (Wildman–Crippen MR) is 114 cm³/mol. The summed E-state index contributed by atoms with van der Waals surface area (Å²) < 4.78 is 38.1. The molecule has 0 N–H and O–H groups in total. The van der Waals surface area contributed by atoms with Gasteiger partial charge in [-0.1, -0.05) is 12.5 Å². The van der Waals surface area contributed by atoms with Crippen molar-refractivity contribution in [2.75, 3.05) is 20.2 Å². The van der Waals surface area contributed by atoms with Crippen LogP contribution in [0.4, 0.5) is 0 Å². The molecule has 1 aromatic carbocycles. The minimum absolute atomic E-state index is 0.0556. The van der Waals surface area contributed by atoms with Crippen LogP contribution in [0.3, 0.4) is 0 Å². The maximum Gasteiger partial charge on any atom is 0.338 e. The van der Waals surface area contributed by atoms with Crippen molar-refractivity contribution in [2.24, 2.45) is 0 Å². The summed E-state index contributed by atoms with van der Waals surface area (Å²) in [6, 6.07) is 7.81. The zero-order valence-corrected chi connectivity index (χ0v) is 18.9. The molecule has 3 rings (SSSR count). The standard InChI is InChI=1S/C22H28N2O6S/c1-16-9-10-19(31(27,28)24-11-5-4-7-17(24)2)13-20(16)22(26)30-15-21(25)23(3)14-18-8-6-12-29-18/h6,8-10,12-13,17H,4-5,7,11,14-15H2,1-3H3. The second-order valence-electron chi connectivity index (χ2n) is 7.84. The van der Waals surface area contributed by atoms with E-state index in [4.69, 9.17) is 9.15 Å². The quantitative estimate of drug-likeness (QED) is 0.604. The van der Waals surface area contributed by atoms with E-state index < -0.39 is 28.5 Å². The van der Waals surface area contributed by atoms with Crippen LogP contribution >= 0.6 is 0 Å². The SMILES string of the molecule is Cc1ccc(S(=O)(=O)N2CCCCC2C)cc1C(=O)OCC(=O)N(C)Cc1ccco1. The Bertz CT molecular complexity index is 1030. The summed E-state index contributed by atoms with van der Waals surface area (Å²) in [6.07, 6.45) is 4.15. The van der Waals surface area contributed by atoms with E-state index in [0.29, 0.717) is 17.9 Å². The largest absolute Gasteiger partial charge is 0.467 e.